The van der Waals surface area contributed by atoms with Crippen LogP contribution >= 0.6 is 23.5 Å². The molecule has 0 atom stereocenters. The first kappa shape index (κ1) is 49.8. The van der Waals surface area contributed by atoms with Crippen LogP contribution in [-0.4, -0.2) is 78.8 Å². The molecule has 0 saturated heterocycles. The molecule has 8 aromatic carbocycles. The molecule has 0 aliphatic carbocycles. The van der Waals surface area contributed by atoms with Gasteiger partial charge in [-0.25, -0.2) is 0 Å². The van der Waals surface area contributed by atoms with E-state index in [0.717, 1.165) is 124 Å². The van der Waals surface area contributed by atoms with Crippen LogP contribution in [0, 0.1) is 0 Å². The zero-order chi connectivity index (χ0) is 49.7. The molecule has 2 aromatic heterocycles. The van der Waals surface area contributed by atoms with Gasteiger partial charge in [0.2, 0.25) is 0 Å². The molecule has 372 valence electrons. The molecule has 11 rings (SSSR count). The molecule has 0 spiro atoms. The lowest BCUT2D eigenvalue weighted by molar-refractivity contribution is 0.261. The van der Waals surface area contributed by atoms with E-state index in [1.807, 2.05) is 0 Å². The summed E-state index contributed by atoms with van der Waals surface area (Å²) in [6, 6.07) is 75.7. The van der Waals surface area contributed by atoms with Gasteiger partial charge < -0.3 is 0 Å². The molecule has 0 amide bonds. The van der Waals surface area contributed by atoms with E-state index in [-0.39, 0.29) is 0 Å². The van der Waals surface area contributed by atoms with Crippen molar-refractivity contribution in [3.8, 4) is 0 Å². The van der Waals surface area contributed by atoms with Crippen molar-refractivity contribution >= 4 is 66.6 Å². The number of thioether (sulfide) groups is 2. The molecule has 0 N–H and O–H groups in total. The Labute approximate surface area is 446 Å². The van der Waals surface area contributed by atoms with E-state index >= 15 is 0 Å². The maximum Gasteiger partial charge on any atom is 0.0548 e. The van der Waals surface area contributed by atoms with Gasteiger partial charge in [0.15, 0.2) is 0 Å². The second-order valence-electron chi connectivity index (χ2n) is 19.9. The normalized spacial score (nSPS) is 15.9. The van der Waals surface area contributed by atoms with Crippen LogP contribution in [0.4, 0.5) is 0 Å². The van der Waals surface area contributed by atoms with Crippen molar-refractivity contribution in [3.63, 3.8) is 0 Å². The molecule has 6 nitrogen and oxygen atoms in total. The number of aromatic nitrogens is 2. The van der Waals surface area contributed by atoms with Gasteiger partial charge in [-0.15, -0.1) is 0 Å². The van der Waals surface area contributed by atoms with E-state index in [2.05, 4.69) is 249 Å². The number of pyridine rings is 2. The number of rotatable bonds is 8. The summed E-state index contributed by atoms with van der Waals surface area (Å²) in [6.45, 7) is 10.5. The molecule has 0 saturated carbocycles. The van der Waals surface area contributed by atoms with Crippen LogP contribution in [0.2, 0.25) is 0 Å². The van der Waals surface area contributed by atoms with Crippen molar-refractivity contribution in [3.05, 3.63) is 251 Å². The van der Waals surface area contributed by atoms with Gasteiger partial charge in [-0.1, -0.05) is 182 Å². The Morgan fingerprint density at radius 2 is 0.500 bits per heavy atom. The van der Waals surface area contributed by atoms with Crippen LogP contribution in [0.1, 0.15) is 45.0 Å². The summed E-state index contributed by atoms with van der Waals surface area (Å²) in [7, 11) is 0. The molecule has 10 aromatic rings. The van der Waals surface area contributed by atoms with E-state index in [9.17, 15) is 0 Å². The highest BCUT2D eigenvalue weighted by atomic mass is 32.2. The van der Waals surface area contributed by atoms with Crippen LogP contribution in [0.25, 0.3) is 43.1 Å². The van der Waals surface area contributed by atoms with Gasteiger partial charge in [-0.2, -0.15) is 23.5 Å². The number of hydrogen-bond donors (Lipinski definition) is 0. The smallest absolute Gasteiger partial charge is 0.0548 e. The van der Waals surface area contributed by atoms with Gasteiger partial charge in [0.1, 0.15) is 0 Å². The first-order chi connectivity index (χ1) is 36.6. The first-order valence-corrected chi connectivity index (χ1v) is 28.8. The van der Waals surface area contributed by atoms with Crippen LogP contribution < -0.4 is 0 Å². The Kier molecular flexibility index (Phi) is 16.7. The van der Waals surface area contributed by atoms with Gasteiger partial charge in [0.25, 0.3) is 0 Å². The number of hydrogen-bond acceptors (Lipinski definition) is 8. The molecule has 0 fully saturated rings. The Bertz CT molecular complexity index is 2990. The molecule has 8 heteroatoms. The first-order valence-electron chi connectivity index (χ1n) is 26.4. The molecular weight excluding hydrogens is 941 g/mol. The maximum atomic E-state index is 5.45. The molecule has 0 radical (unpaired) electrons. The topological polar surface area (TPSA) is 38.7 Å². The highest BCUT2D eigenvalue weighted by molar-refractivity contribution is 7.99. The predicted octanol–water partition coefficient (Wildman–Crippen LogP) is 14.3. The summed E-state index contributed by atoms with van der Waals surface area (Å²) in [5, 5.41) is 10.5. The third kappa shape index (κ3) is 12.9. The standard InChI is InChI=1S/C66H66N6S2/c1-5-31-63-51(15-1)19-9-23-55(63)43-69-35-39-73-40-36-70(44-56-24-10-20-52-16-2-6-32-64(52)56)49-61-29-14-30-62(68-61)50-72(46-58-26-12-22-54-18-4-8-34-66(54)58)38-42-74-41-37-71(48-60-28-13-27-59(47-69)67-60)45-57-25-11-21-53-17-3-7-33-65(53)57/h1-34H,35-50H2. The van der Waals surface area contributed by atoms with Crippen molar-refractivity contribution in [1.82, 2.24) is 29.6 Å². The molecule has 3 heterocycles. The van der Waals surface area contributed by atoms with Crippen molar-refractivity contribution < 1.29 is 0 Å². The molecular formula is C66H66N6S2. The molecule has 1 aliphatic rings. The summed E-state index contributed by atoms with van der Waals surface area (Å²) >= 11 is 4.12. The lowest BCUT2D eigenvalue weighted by Gasteiger charge is -2.26. The molecule has 74 heavy (non-hydrogen) atoms. The van der Waals surface area contributed by atoms with Gasteiger partial charge in [-0.05, 0) is 89.6 Å². The summed E-state index contributed by atoms with van der Waals surface area (Å²) < 4.78 is 0. The minimum absolute atomic E-state index is 0.793. The van der Waals surface area contributed by atoms with Crippen molar-refractivity contribution in [2.75, 3.05) is 49.2 Å². The Hall–Kier alpha value is -6.36. The summed E-state index contributed by atoms with van der Waals surface area (Å²) in [6.07, 6.45) is 0. The Balaban J connectivity index is 0.892. The SMILES string of the molecule is c1cc2nc(c1)CN(Cc1cccc3ccccc13)CCSCCN(Cc1cccc3ccccc13)Cc1cccc(n1)CN(Cc1cccc3ccccc13)CCSCCN(Cc1cccc3ccccc13)C2. The Morgan fingerprint density at radius 1 is 0.270 bits per heavy atom. The lowest BCUT2D eigenvalue weighted by atomic mass is 10.0. The average Bonchev–Trinajstić information content (AvgIpc) is 3.43. The predicted molar refractivity (Wildman–Crippen MR) is 315 cm³/mol. The van der Waals surface area contributed by atoms with Gasteiger partial charge in [-0.3, -0.25) is 29.6 Å². The maximum absolute atomic E-state index is 5.45. The average molecular weight is 1010 g/mol. The number of nitrogens with zero attached hydrogens (tertiary/aromatic N) is 6. The van der Waals surface area contributed by atoms with Crippen molar-refractivity contribution in [2.24, 2.45) is 0 Å². The minimum Gasteiger partial charge on any atom is -0.292 e. The Morgan fingerprint density at radius 3 is 0.770 bits per heavy atom. The van der Waals surface area contributed by atoms with Gasteiger partial charge in [0, 0.05) is 102 Å². The minimum atomic E-state index is 0.793. The quantitative estimate of drug-likeness (QED) is 0.149. The third-order valence-corrected chi connectivity index (χ3v) is 16.5. The highest BCUT2D eigenvalue weighted by Crippen LogP contribution is 2.26. The van der Waals surface area contributed by atoms with E-state index in [0.29, 0.717) is 0 Å². The fourth-order valence-corrected chi connectivity index (χ4v) is 12.8. The second-order valence-corrected chi connectivity index (χ2v) is 22.3. The van der Waals surface area contributed by atoms with Crippen LogP contribution in [0.3, 0.4) is 0 Å². The van der Waals surface area contributed by atoms with Crippen molar-refractivity contribution in [2.45, 2.75) is 52.4 Å². The third-order valence-electron chi connectivity index (χ3n) is 14.6. The number of benzene rings is 8. The largest absolute Gasteiger partial charge is 0.292 e. The summed E-state index contributed by atoms with van der Waals surface area (Å²) in [4.78, 5) is 21.4. The highest BCUT2D eigenvalue weighted by Gasteiger charge is 2.18. The number of fused-ring (bicyclic) bond motifs is 8. The fourth-order valence-electron chi connectivity index (χ4n) is 10.8. The molecule has 1 aliphatic heterocycles. The fraction of sp³-hybridized carbons (Fsp3) is 0.242. The van der Waals surface area contributed by atoms with E-state index < -0.39 is 0 Å². The van der Waals surface area contributed by atoms with Crippen LogP contribution in [0.5, 0.6) is 0 Å². The van der Waals surface area contributed by atoms with Gasteiger partial charge >= 0.3 is 0 Å². The molecule has 0 unspecified atom stereocenters. The molecule has 4 bridgehead atoms. The van der Waals surface area contributed by atoms with Crippen LogP contribution in [-0.2, 0) is 52.4 Å². The summed E-state index contributed by atoms with van der Waals surface area (Å²) in [5.41, 5.74) is 9.97. The van der Waals surface area contributed by atoms with E-state index in [1.54, 1.807) is 0 Å². The van der Waals surface area contributed by atoms with Gasteiger partial charge in [0.05, 0.1) is 22.8 Å². The monoisotopic (exact) mass is 1010 g/mol. The summed E-state index contributed by atoms with van der Waals surface area (Å²) in [5.74, 6) is 4.12. The second kappa shape index (κ2) is 24.8. The van der Waals surface area contributed by atoms with E-state index in [4.69, 9.17) is 9.97 Å². The zero-order valence-electron chi connectivity index (χ0n) is 42.4. The van der Waals surface area contributed by atoms with E-state index in [1.165, 1.54) is 65.3 Å². The lowest BCUT2D eigenvalue weighted by Crippen LogP contribution is -2.29. The zero-order valence-corrected chi connectivity index (χ0v) is 44.1. The van der Waals surface area contributed by atoms with Crippen LogP contribution in [0.15, 0.2) is 206 Å². The van der Waals surface area contributed by atoms with Crippen molar-refractivity contribution in [1.29, 1.82) is 0 Å².